The molecular formula is C22H26Br2N4O4. The third kappa shape index (κ3) is 4.12. The van der Waals surface area contributed by atoms with E-state index in [-0.39, 0.29) is 47.1 Å². The summed E-state index contributed by atoms with van der Waals surface area (Å²) in [6.45, 7) is 1.63. The molecule has 8 nitrogen and oxygen atoms in total. The summed E-state index contributed by atoms with van der Waals surface area (Å²) in [5.41, 5.74) is 1.41. The third-order valence-electron chi connectivity index (χ3n) is 5.60. The van der Waals surface area contributed by atoms with Gasteiger partial charge in [0.25, 0.3) is 23.6 Å². The molecule has 0 N–H and O–H groups in total. The van der Waals surface area contributed by atoms with Gasteiger partial charge in [-0.15, -0.1) is 34.0 Å². The van der Waals surface area contributed by atoms with Crippen molar-refractivity contribution in [1.82, 2.24) is 19.6 Å². The van der Waals surface area contributed by atoms with Crippen molar-refractivity contribution in [3.8, 4) is 0 Å². The summed E-state index contributed by atoms with van der Waals surface area (Å²) >= 11 is 0. The molecule has 2 aliphatic heterocycles. The average molecular weight is 570 g/mol. The van der Waals surface area contributed by atoms with Gasteiger partial charge in [-0.25, -0.2) is 0 Å². The van der Waals surface area contributed by atoms with Crippen molar-refractivity contribution in [3.63, 3.8) is 0 Å². The Labute approximate surface area is 207 Å². The Bertz CT molecular complexity index is 960. The summed E-state index contributed by atoms with van der Waals surface area (Å²) in [4.78, 5) is 58.5. The molecule has 0 fully saturated rings. The van der Waals surface area contributed by atoms with Gasteiger partial charge in [-0.3, -0.25) is 29.0 Å². The molecule has 10 heteroatoms. The number of carbonyl (C=O) groups excluding carboxylic acids is 4. The van der Waals surface area contributed by atoms with Gasteiger partial charge in [0.1, 0.15) is 0 Å². The average Bonchev–Trinajstić information content (AvgIpc) is 2.69. The summed E-state index contributed by atoms with van der Waals surface area (Å²) in [6.07, 6.45) is 0. The predicted octanol–water partition coefficient (Wildman–Crippen LogP) is 2.31. The molecule has 0 saturated heterocycles. The van der Waals surface area contributed by atoms with Crippen LogP contribution in [0.15, 0.2) is 24.3 Å². The van der Waals surface area contributed by atoms with Crippen molar-refractivity contribution in [1.29, 1.82) is 0 Å². The zero-order chi connectivity index (χ0) is 21.7. The molecule has 0 radical (unpaired) electrons. The van der Waals surface area contributed by atoms with Gasteiger partial charge in [-0.1, -0.05) is 0 Å². The van der Waals surface area contributed by atoms with Gasteiger partial charge in [0, 0.05) is 59.2 Å². The molecule has 2 aromatic rings. The van der Waals surface area contributed by atoms with Crippen LogP contribution in [0, 0.1) is 0 Å². The van der Waals surface area contributed by atoms with Crippen LogP contribution in [-0.2, 0) is 0 Å². The highest BCUT2D eigenvalue weighted by Crippen LogP contribution is 2.37. The lowest BCUT2D eigenvalue weighted by atomic mass is 9.86. The van der Waals surface area contributed by atoms with E-state index in [1.54, 1.807) is 24.3 Å². The van der Waals surface area contributed by atoms with E-state index in [0.717, 1.165) is 0 Å². The number of halogens is 2. The number of rotatable bonds is 6. The fourth-order valence-electron chi connectivity index (χ4n) is 3.98. The van der Waals surface area contributed by atoms with Gasteiger partial charge in [-0.2, -0.15) is 0 Å². The molecule has 0 atom stereocenters. The van der Waals surface area contributed by atoms with E-state index in [9.17, 15) is 19.2 Å². The lowest BCUT2D eigenvalue weighted by Crippen LogP contribution is -2.46. The highest BCUT2D eigenvalue weighted by Gasteiger charge is 2.39. The molecule has 32 heavy (non-hydrogen) atoms. The van der Waals surface area contributed by atoms with Crippen LogP contribution >= 0.6 is 34.0 Å². The Morgan fingerprint density at radius 3 is 1.03 bits per heavy atom. The highest BCUT2D eigenvalue weighted by molar-refractivity contribution is 8.93. The Balaban J connectivity index is 0.00000181. The van der Waals surface area contributed by atoms with Crippen LogP contribution in [0.4, 0.5) is 0 Å². The largest absolute Gasteiger partial charge is 0.308 e. The van der Waals surface area contributed by atoms with E-state index < -0.39 is 23.6 Å². The zero-order valence-corrected chi connectivity index (χ0v) is 21.8. The molecule has 4 rings (SSSR count). The van der Waals surface area contributed by atoms with Crippen molar-refractivity contribution >= 4 is 68.4 Å². The molecule has 4 amide bonds. The summed E-state index contributed by atoms with van der Waals surface area (Å²) in [6, 6.07) is 6.39. The number of hydrogen-bond acceptors (Lipinski definition) is 6. The minimum absolute atomic E-state index is 0. The lowest BCUT2D eigenvalue weighted by molar-refractivity contribution is 0.0579. The van der Waals surface area contributed by atoms with E-state index in [2.05, 4.69) is 0 Å². The summed E-state index contributed by atoms with van der Waals surface area (Å²) in [5, 5.41) is 0.824. The van der Waals surface area contributed by atoms with E-state index in [4.69, 9.17) is 0 Å². The van der Waals surface area contributed by atoms with Gasteiger partial charge in [0.2, 0.25) is 0 Å². The van der Waals surface area contributed by atoms with Gasteiger partial charge >= 0.3 is 0 Å². The molecule has 2 aliphatic rings. The molecule has 0 aliphatic carbocycles. The lowest BCUT2D eigenvalue weighted by Gasteiger charge is -2.32. The smallest absolute Gasteiger partial charge is 0.261 e. The van der Waals surface area contributed by atoms with Crippen molar-refractivity contribution in [2.75, 3.05) is 54.4 Å². The summed E-state index contributed by atoms with van der Waals surface area (Å²) in [7, 11) is 7.49. The van der Waals surface area contributed by atoms with Crippen LogP contribution in [0.2, 0.25) is 0 Å². The number of imide groups is 2. The van der Waals surface area contributed by atoms with Crippen molar-refractivity contribution < 1.29 is 19.2 Å². The highest BCUT2D eigenvalue weighted by atomic mass is 79.9. The van der Waals surface area contributed by atoms with E-state index in [0.29, 0.717) is 46.1 Å². The van der Waals surface area contributed by atoms with Gasteiger partial charge in [-0.05, 0) is 52.5 Å². The molecule has 172 valence electrons. The topological polar surface area (TPSA) is 81.2 Å². The van der Waals surface area contributed by atoms with Crippen molar-refractivity contribution in [2.24, 2.45) is 0 Å². The van der Waals surface area contributed by atoms with Gasteiger partial charge in [0.05, 0.1) is 0 Å². The molecule has 0 unspecified atom stereocenters. The maximum absolute atomic E-state index is 13.1. The quantitative estimate of drug-likeness (QED) is 0.497. The first kappa shape index (κ1) is 26.1. The maximum atomic E-state index is 13.1. The van der Waals surface area contributed by atoms with Gasteiger partial charge < -0.3 is 9.80 Å². The first-order chi connectivity index (χ1) is 14.2. The molecule has 0 aromatic heterocycles. The number of hydrogen-bond donors (Lipinski definition) is 0. The molecule has 2 aromatic carbocycles. The molecule has 0 spiro atoms. The van der Waals surface area contributed by atoms with Crippen LogP contribution in [0.1, 0.15) is 41.4 Å². The van der Waals surface area contributed by atoms with Crippen LogP contribution in [0.5, 0.6) is 0 Å². The standard InChI is InChI=1S/C22H24N4O4.2BrH/c1-23(2)9-11-25-19(27)13-5-7-15-18-16(8-6-14(17(13)18)20(25)28)22(30)26(21(15)29)12-10-24(3)4;;/h5-8H,9-12H2,1-4H3;2*1H. The first-order valence-corrected chi connectivity index (χ1v) is 9.84. The number of benzene rings is 2. The minimum atomic E-state index is -0.395. The van der Waals surface area contributed by atoms with Crippen molar-refractivity contribution in [3.05, 3.63) is 46.5 Å². The van der Waals surface area contributed by atoms with E-state index in [1.165, 1.54) is 9.80 Å². The normalized spacial score (nSPS) is 14.9. The molecule has 0 bridgehead atoms. The Morgan fingerprint density at radius 2 is 0.812 bits per heavy atom. The number of likely N-dealkylation sites (N-methyl/N-ethyl adjacent to an activating group) is 2. The summed E-state index contributed by atoms with van der Waals surface area (Å²) < 4.78 is 0. The van der Waals surface area contributed by atoms with E-state index >= 15 is 0 Å². The SMILES string of the molecule is Br.Br.CN(C)CCN1C(=O)c2ccc3c4c(ccc(c24)C1=O)C(=O)N(CCN(C)C)C3=O. The summed E-state index contributed by atoms with van der Waals surface area (Å²) in [5.74, 6) is -1.58. The molecule has 2 heterocycles. The number of amides is 4. The van der Waals surface area contributed by atoms with Crippen LogP contribution in [0.3, 0.4) is 0 Å². The number of nitrogens with zero attached hydrogens (tertiary/aromatic N) is 4. The Morgan fingerprint density at radius 1 is 0.562 bits per heavy atom. The predicted molar refractivity (Wildman–Crippen MR) is 132 cm³/mol. The third-order valence-corrected chi connectivity index (χ3v) is 5.60. The zero-order valence-electron chi connectivity index (χ0n) is 18.4. The first-order valence-electron chi connectivity index (χ1n) is 9.84. The Kier molecular flexibility index (Phi) is 7.98. The fraction of sp³-hybridized carbons (Fsp3) is 0.364. The molecule has 0 saturated carbocycles. The van der Waals surface area contributed by atoms with E-state index in [1.807, 2.05) is 38.0 Å². The molecular weight excluding hydrogens is 544 g/mol. The number of carbonyl (C=O) groups is 4. The minimum Gasteiger partial charge on any atom is -0.308 e. The second-order valence-corrected chi connectivity index (χ2v) is 8.20. The van der Waals surface area contributed by atoms with Crippen LogP contribution in [0.25, 0.3) is 10.8 Å². The van der Waals surface area contributed by atoms with Gasteiger partial charge in [0.15, 0.2) is 0 Å². The fourth-order valence-corrected chi connectivity index (χ4v) is 3.98. The monoisotopic (exact) mass is 568 g/mol. The maximum Gasteiger partial charge on any atom is 0.261 e. The van der Waals surface area contributed by atoms with Crippen LogP contribution < -0.4 is 0 Å². The van der Waals surface area contributed by atoms with Crippen molar-refractivity contribution in [2.45, 2.75) is 0 Å². The van der Waals surface area contributed by atoms with Crippen LogP contribution in [-0.4, -0.2) is 97.6 Å². The second kappa shape index (κ2) is 9.78. The second-order valence-electron chi connectivity index (χ2n) is 8.20. The Hall–Kier alpha value is -2.14.